The predicted molar refractivity (Wildman–Crippen MR) is 75.9 cm³/mol. The van der Waals surface area contributed by atoms with Gasteiger partial charge in [-0.3, -0.25) is 4.79 Å². The number of ether oxygens (including phenoxy) is 1. The van der Waals surface area contributed by atoms with Gasteiger partial charge in [0.2, 0.25) is 0 Å². The average molecular weight is 282 g/mol. The lowest BCUT2D eigenvalue weighted by atomic mass is 10.1. The Morgan fingerprint density at radius 3 is 2.53 bits per heavy atom. The van der Waals surface area contributed by atoms with Gasteiger partial charge in [-0.25, -0.2) is 4.79 Å². The van der Waals surface area contributed by atoms with E-state index >= 15 is 0 Å². The number of ketones is 1. The summed E-state index contributed by atoms with van der Waals surface area (Å²) in [7, 11) is 3.73. The topological polar surface area (TPSA) is 46.6 Å². The second-order valence-electron chi connectivity index (χ2n) is 4.01. The Labute approximate surface area is 117 Å². The second kappa shape index (κ2) is 6.95. The lowest BCUT2D eigenvalue weighted by Crippen LogP contribution is -2.09. The van der Waals surface area contributed by atoms with Gasteiger partial charge in [0.15, 0.2) is 5.78 Å². The maximum absolute atomic E-state index is 11.8. The van der Waals surface area contributed by atoms with Crippen molar-refractivity contribution in [1.82, 2.24) is 0 Å². The summed E-state index contributed by atoms with van der Waals surface area (Å²) >= 11 is 6.07. The Kier molecular flexibility index (Phi) is 5.57. The van der Waals surface area contributed by atoms with Gasteiger partial charge < -0.3 is 9.64 Å². The number of hydrogen-bond donors (Lipinski definition) is 0. The van der Waals surface area contributed by atoms with Gasteiger partial charge in [-0.1, -0.05) is 11.6 Å². The fourth-order valence-corrected chi connectivity index (χ4v) is 1.80. The predicted octanol–water partition coefficient (Wildman–Crippen LogP) is 2.71. The Morgan fingerprint density at radius 2 is 2.00 bits per heavy atom. The molecule has 0 unspecified atom stereocenters. The van der Waals surface area contributed by atoms with Gasteiger partial charge in [0.1, 0.15) is 0 Å². The van der Waals surface area contributed by atoms with Crippen molar-refractivity contribution >= 4 is 29.0 Å². The van der Waals surface area contributed by atoms with Gasteiger partial charge in [0.05, 0.1) is 17.3 Å². The summed E-state index contributed by atoms with van der Waals surface area (Å²) in [6, 6.07) is 5.00. The molecule has 0 N–H and O–H groups in total. The minimum atomic E-state index is -0.535. The molecule has 0 atom stereocenters. The molecule has 0 spiro atoms. The molecular formula is C14H16ClNO3. The molecule has 19 heavy (non-hydrogen) atoms. The van der Waals surface area contributed by atoms with Crippen LogP contribution in [0.15, 0.2) is 30.4 Å². The molecule has 0 radical (unpaired) electrons. The maximum Gasteiger partial charge on any atom is 0.330 e. The Morgan fingerprint density at radius 1 is 1.32 bits per heavy atom. The van der Waals surface area contributed by atoms with Gasteiger partial charge in [-0.05, 0) is 31.2 Å². The van der Waals surface area contributed by atoms with Crippen molar-refractivity contribution in [2.24, 2.45) is 0 Å². The zero-order valence-electron chi connectivity index (χ0n) is 11.1. The third kappa shape index (κ3) is 4.41. The highest BCUT2D eigenvalue weighted by Crippen LogP contribution is 2.25. The van der Waals surface area contributed by atoms with E-state index in [9.17, 15) is 9.59 Å². The van der Waals surface area contributed by atoms with Crippen LogP contribution in [0.4, 0.5) is 5.69 Å². The first-order valence-corrected chi connectivity index (χ1v) is 6.19. The SMILES string of the molecule is CCOC(=O)/C=C/C(=O)c1ccc(N(C)C)c(Cl)c1. The minimum Gasteiger partial charge on any atom is -0.463 e. The van der Waals surface area contributed by atoms with E-state index in [4.69, 9.17) is 16.3 Å². The van der Waals surface area contributed by atoms with Crippen LogP contribution in [0.1, 0.15) is 17.3 Å². The zero-order valence-corrected chi connectivity index (χ0v) is 11.9. The third-order valence-electron chi connectivity index (χ3n) is 2.37. The first kappa shape index (κ1) is 15.2. The monoisotopic (exact) mass is 281 g/mol. The molecule has 102 valence electrons. The molecule has 0 aliphatic rings. The molecule has 0 aliphatic carbocycles. The van der Waals surface area contributed by atoms with Gasteiger partial charge in [-0.2, -0.15) is 0 Å². The molecule has 0 amide bonds. The van der Waals surface area contributed by atoms with Crippen LogP contribution in [0.5, 0.6) is 0 Å². The summed E-state index contributed by atoms with van der Waals surface area (Å²) in [5, 5.41) is 0.486. The molecule has 5 heteroatoms. The Hall–Kier alpha value is -1.81. The van der Waals surface area contributed by atoms with Crippen molar-refractivity contribution in [3.63, 3.8) is 0 Å². The van der Waals surface area contributed by atoms with Crippen molar-refractivity contribution in [3.8, 4) is 0 Å². The number of esters is 1. The van der Waals surface area contributed by atoms with E-state index in [1.54, 1.807) is 25.1 Å². The maximum atomic E-state index is 11.8. The number of hydrogen-bond acceptors (Lipinski definition) is 4. The number of anilines is 1. The third-order valence-corrected chi connectivity index (χ3v) is 2.67. The number of rotatable bonds is 5. The van der Waals surface area contributed by atoms with Crippen LogP contribution in [0.25, 0.3) is 0 Å². The van der Waals surface area contributed by atoms with Crippen molar-refractivity contribution in [1.29, 1.82) is 0 Å². The van der Waals surface area contributed by atoms with Crippen molar-refractivity contribution in [3.05, 3.63) is 40.9 Å². The second-order valence-corrected chi connectivity index (χ2v) is 4.42. The fourth-order valence-electron chi connectivity index (χ4n) is 1.45. The quantitative estimate of drug-likeness (QED) is 0.473. The highest BCUT2D eigenvalue weighted by Gasteiger charge is 2.08. The van der Waals surface area contributed by atoms with E-state index in [1.807, 2.05) is 19.0 Å². The number of allylic oxidation sites excluding steroid dienone is 1. The van der Waals surface area contributed by atoms with Crippen LogP contribution < -0.4 is 4.90 Å². The van der Waals surface area contributed by atoms with Crippen molar-refractivity contribution < 1.29 is 14.3 Å². The number of halogens is 1. The molecule has 0 fully saturated rings. The number of carbonyl (C=O) groups excluding carboxylic acids is 2. The van der Waals surface area contributed by atoms with Gasteiger partial charge >= 0.3 is 5.97 Å². The molecule has 4 nitrogen and oxygen atoms in total. The summed E-state index contributed by atoms with van der Waals surface area (Å²) in [5.74, 6) is -0.827. The number of nitrogens with zero attached hydrogens (tertiary/aromatic N) is 1. The van der Waals surface area contributed by atoms with Crippen molar-refractivity contribution in [2.75, 3.05) is 25.6 Å². The lowest BCUT2D eigenvalue weighted by Gasteiger charge is -2.14. The van der Waals surface area contributed by atoms with Crippen molar-refractivity contribution in [2.45, 2.75) is 6.92 Å². The van der Waals surface area contributed by atoms with Gasteiger partial charge in [0, 0.05) is 25.7 Å². The van der Waals surface area contributed by atoms with Crippen LogP contribution in [0, 0.1) is 0 Å². The fraction of sp³-hybridized carbons (Fsp3) is 0.286. The molecule has 1 rings (SSSR count). The summed E-state index contributed by atoms with van der Waals surface area (Å²) in [6.45, 7) is 1.98. The zero-order chi connectivity index (χ0) is 14.4. The summed E-state index contributed by atoms with van der Waals surface area (Å²) < 4.78 is 4.69. The lowest BCUT2D eigenvalue weighted by molar-refractivity contribution is -0.137. The van der Waals surface area contributed by atoms with E-state index in [-0.39, 0.29) is 12.4 Å². The molecule has 0 aromatic heterocycles. The van der Waals surface area contributed by atoms with Crippen LogP contribution >= 0.6 is 11.6 Å². The van der Waals surface area contributed by atoms with E-state index in [1.165, 1.54) is 6.08 Å². The van der Waals surface area contributed by atoms with Crippen LogP contribution in [-0.2, 0) is 9.53 Å². The van der Waals surface area contributed by atoms with Gasteiger partial charge in [0.25, 0.3) is 0 Å². The van der Waals surface area contributed by atoms with Crippen LogP contribution in [0.2, 0.25) is 5.02 Å². The normalized spacial score (nSPS) is 10.5. The standard InChI is InChI=1S/C14H16ClNO3/c1-4-19-14(18)8-7-13(17)10-5-6-12(16(2)3)11(15)9-10/h5-9H,4H2,1-3H3/b8-7+. The van der Waals surface area contributed by atoms with E-state index < -0.39 is 5.97 Å². The minimum absolute atomic E-state index is 0.278. The molecular weight excluding hydrogens is 266 g/mol. The molecule has 0 saturated carbocycles. The van der Waals surface area contributed by atoms with E-state index in [0.29, 0.717) is 10.6 Å². The smallest absolute Gasteiger partial charge is 0.330 e. The largest absolute Gasteiger partial charge is 0.463 e. The van der Waals surface area contributed by atoms with E-state index in [0.717, 1.165) is 11.8 Å². The number of benzene rings is 1. The average Bonchev–Trinajstić information content (AvgIpc) is 2.35. The van der Waals surface area contributed by atoms with Gasteiger partial charge in [-0.15, -0.1) is 0 Å². The summed E-state index contributed by atoms with van der Waals surface area (Å²) in [5.41, 5.74) is 1.25. The highest BCUT2D eigenvalue weighted by atomic mass is 35.5. The highest BCUT2D eigenvalue weighted by molar-refractivity contribution is 6.33. The van der Waals surface area contributed by atoms with Crippen LogP contribution in [0.3, 0.4) is 0 Å². The molecule has 0 bridgehead atoms. The Balaban J connectivity index is 2.84. The Bertz CT molecular complexity index is 509. The molecule has 1 aromatic carbocycles. The first-order chi connectivity index (χ1) is 8.95. The molecule has 0 heterocycles. The number of carbonyl (C=O) groups is 2. The molecule has 1 aromatic rings. The van der Waals surface area contributed by atoms with Crippen LogP contribution in [-0.4, -0.2) is 32.5 Å². The molecule has 0 aliphatic heterocycles. The summed E-state index contributed by atoms with van der Waals surface area (Å²) in [4.78, 5) is 24.8. The van der Waals surface area contributed by atoms with E-state index in [2.05, 4.69) is 0 Å². The summed E-state index contributed by atoms with van der Waals surface area (Å²) in [6.07, 6.45) is 2.29. The molecule has 0 saturated heterocycles. The first-order valence-electron chi connectivity index (χ1n) is 5.81.